The number of carbonyl (C=O) groups is 2. The van der Waals surface area contributed by atoms with Gasteiger partial charge in [-0.2, -0.15) is 0 Å². The van der Waals surface area contributed by atoms with Crippen molar-refractivity contribution in [3.8, 4) is 0 Å². The summed E-state index contributed by atoms with van der Waals surface area (Å²) >= 11 is 0. The van der Waals surface area contributed by atoms with E-state index in [9.17, 15) is 9.59 Å². The second kappa shape index (κ2) is 6.89. The Kier molecular flexibility index (Phi) is 5.07. The van der Waals surface area contributed by atoms with Gasteiger partial charge in [0.1, 0.15) is 5.78 Å². The van der Waals surface area contributed by atoms with Crippen molar-refractivity contribution in [3.05, 3.63) is 0 Å². The summed E-state index contributed by atoms with van der Waals surface area (Å²) < 4.78 is 0. The highest BCUT2D eigenvalue weighted by atomic mass is 16.2. The molecule has 0 aromatic heterocycles. The largest absolute Gasteiger partial charge is 0.341 e. The second-order valence-electron chi connectivity index (χ2n) is 7.88. The molecule has 0 aromatic carbocycles. The molecular formula is C18H31N3O2. The van der Waals surface area contributed by atoms with Gasteiger partial charge in [-0.05, 0) is 59.3 Å². The summed E-state index contributed by atoms with van der Waals surface area (Å²) in [5.41, 5.74) is 0.137. The standard InChI is InChI=1S/C18H31N3O2/c1-19-11-7-18(8-12-19)14-21(10-4-9-20(18)2)17(23)13-15-5-3-6-16(15)22/h15H,3-14H2,1-2H3/t15-/m0/s1. The van der Waals surface area contributed by atoms with Crippen LogP contribution >= 0.6 is 0 Å². The van der Waals surface area contributed by atoms with Gasteiger partial charge in [0.2, 0.25) is 5.91 Å². The number of hydrogen-bond acceptors (Lipinski definition) is 4. The van der Waals surface area contributed by atoms with Crippen molar-refractivity contribution < 1.29 is 9.59 Å². The Balaban J connectivity index is 1.67. The summed E-state index contributed by atoms with van der Waals surface area (Å²) in [4.78, 5) is 31.6. The third-order valence-corrected chi connectivity index (χ3v) is 6.34. The van der Waals surface area contributed by atoms with E-state index in [1.54, 1.807) is 0 Å². The van der Waals surface area contributed by atoms with Crippen LogP contribution in [0.3, 0.4) is 0 Å². The summed E-state index contributed by atoms with van der Waals surface area (Å²) in [7, 11) is 4.40. The molecular weight excluding hydrogens is 290 g/mol. The van der Waals surface area contributed by atoms with Crippen molar-refractivity contribution in [1.82, 2.24) is 14.7 Å². The smallest absolute Gasteiger partial charge is 0.223 e. The Hall–Kier alpha value is -0.940. The van der Waals surface area contributed by atoms with Gasteiger partial charge >= 0.3 is 0 Å². The number of amides is 1. The molecule has 23 heavy (non-hydrogen) atoms. The zero-order chi connectivity index (χ0) is 16.4. The molecule has 1 spiro atoms. The third kappa shape index (κ3) is 3.61. The fraction of sp³-hybridized carbons (Fsp3) is 0.889. The van der Waals surface area contributed by atoms with Gasteiger partial charge in [0.05, 0.1) is 0 Å². The van der Waals surface area contributed by atoms with Crippen LogP contribution in [0, 0.1) is 5.92 Å². The fourth-order valence-electron chi connectivity index (χ4n) is 4.52. The quantitative estimate of drug-likeness (QED) is 0.771. The van der Waals surface area contributed by atoms with Crippen LogP contribution in [0.2, 0.25) is 0 Å². The van der Waals surface area contributed by atoms with E-state index in [1.807, 2.05) is 0 Å². The molecule has 5 heteroatoms. The van der Waals surface area contributed by atoms with Crippen LogP contribution in [0.4, 0.5) is 0 Å². The minimum absolute atomic E-state index is 0.00285. The Morgan fingerprint density at radius 1 is 1.13 bits per heavy atom. The molecule has 3 fully saturated rings. The molecule has 2 heterocycles. The number of hydrogen-bond donors (Lipinski definition) is 0. The molecule has 0 unspecified atom stereocenters. The third-order valence-electron chi connectivity index (χ3n) is 6.34. The van der Waals surface area contributed by atoms with E-state index in [0.717, 1.165) is 64.8 Å². The molecule has 130 valence electrons. The lowest BCUT2D eigenvalue weighted by molar-refractivity contribution is -0.136. The predicted molar refractivity (Wildman–Crippen MR) is 90.3 cm³/mol. The molecule has 1 amide bonds. The summed E-state index contributed by atoms with van der Waals surface area (Å²) in [5, 5.41) is 0. The first-order valence-electron chi connectivity index (χ1n) is 9.20. The van der Waals surface area contributed by atoms with Crippen LogP contribution in [0.15, 0.2) is 0 Å². The molecule has 2 saturated heterocycles. The molecule has 0 radical (unpaired) electrons. The van der Waals surface area contributed by atoms with Gasteiger partial charge in [0.15, 0.2) is 0 Å². The lowest BCUT2D eigenvalue weighted by Gasteiger charge is -2.47. The van der Waals surface area contributed by atoms with Crippen LogP contribution in [0.25, 0.3) is 0 Å². The SMILES string of the molecule is CN1CCC2(CC1)CN(C(=O)C[C@@H]1CCCC1=O)CCCN2C. The van der Waals surface area contributed by atoms with E-state index in [4.69, 9.17) is 0 Å². The van der Waals surface area contributed by atoms with Crippen LogP contribution in [-0.2, 0) is 9.59 Å². The lowest BCUT2D eigenvalue weighted by atomic mass is 9.85. The Bertz CT molecular complexity index is 457. The first-order chi connectivity index (χ1) is 11.0. The number of ketones is 1. The molecule has 1 aliphatic carbocycles. The van der Waals surface area contributed by atoms with Crippen molar-refractivity contribution >= 4 is 11.7 Å². The topological polar surface area (TPSA) is 43.9 Å². The summed E-state index contributed by atoms with van der Waals surface area (Å²) in [6.45, 7) is 4.97. The summed E-state index contributed by atoms with van der Waals surface area (Å²) in [5.74, 6) is 0.509. The van der Waals surface area contributed by atoms with E-state index < -0.39 is 0 Å². The minimum atomic E-state index is -0.00285. The number of piperidine rings is 1. The van der Waals surface area contributed by atoms with E-state index in [1.165, 1.54) is 0 Å². The highest BCUT2D eigenvalue weighted by Crippen LogP contribution is 2.32. The maximum Gasteiger partial charge on any atom is 0.223 e. The number of likely N-dealkylation sites (N-methyl/N-ethyl adjacent to an activating group) is 1. The van der Waals surface area contributed by atoms with Crippen molar-refractivity contribution in [1.29, 1.82) is 0 Å². The van der Waals surface area contributed by atoms with Crippen molar-refractivity contribution in [2.45, 2.75) is 50.5 Å². The van der Waals surface area contributed by atoms with Gasteiger partial charge in [0.25, 0.3) is 0 Å². The van der Waals surface area contributed by atoms with Gasteiger partial charge in [-0.25, -0.2) is 0 Å². The highest BCUT2D eigenvalue weighted by Gasteiger charge is 2.41. The predicted octanol–water partition coefficient (Wildman–Crippen LogP) is 1.37. The zero-order valence-electron chi connectivity index (χ0n) is 14.7. The molecule has 0 bridgehead atoms. The van der Waals surface area contributed by atoms with Gasteiger partial charge < -0.3 is 9.80 Å². The average Bonchev–Trinajstić information content (AvgIpc) is 2.85. The Morgan fingerprint density at radius 2 is 1.87 bits per heavy atom. The van der Waals surface area contributed by atoms with Crippen molar-refractivity contribution in [2.24, 2.45) is 5.92 Å². The molecule has 0 aromatic rings. The summed E-state index contributed by atoms with van der Waals surface area (Å²) in [6, 6.07) is 0. The molecule has 1 atom stereocenters. The van der Waals surface area contributed by atoms with Gasteiger partial charge in [0, 0.05) is 43.9 Å². The molecule has 2 aliphatic heterocycles. The van der Waals surface area contributed by atoms with E-state index >= 15 is 0 Å². The van der Waals surface area contributed by atoms with E-state index in [0.29, 0.717) is 18.6 Å². The fourth-order valence-corrected chi connectivity index (χ4v) is 4.52. The zero-order valence-corrected chi connectivity index (χ0v) is 14.7. The minimum Gasteiger partial charge on any atom is -0.341 e. The van der Waals surface area contributed by atoms with Gasteiger partial charge in [-0.1, -0.05) is 0 Å². The van der Waals surface area contributed by atoms with E-state index in [2.05, 4.69) is 28.8 Å². The monoisotopic (exact) mass is 321 g/mol. The second-order valence-corrected chi connectivity index (χ2v) is 7.88. The first-order valence-corrected chi connectivity index (χ1v) is 9.20. The first kappa shape index (κ1) is 16.9. The number of carbonyl (C=O) groups excluding carboxylic acids is 2. The maximum absolute atomic E-state index is 12.8. The number of nitrogens with zero attached hydrogens (tertiary/aromatic N) is 3. The molecule has 0 N–H and O–H groups in total. The van der Waals surface area contributed by atoms with Crippen molar-refractivity contribution in [2.75, 3.05) is 46.8 Å². The van der Waals surface area contributed by atoms with Crippen LogP contribution in [0.5, 0.6) is 0 Å². The van der Waals surface area contributed by atoms with Crippen LogP contribution < -0.4 is 0 Å². The summed E-state index contributed by atoms with van der Waals surface area (Å²) in [6.07, 6.45) is 6.30. The normalized spacial score (nSPS) is 29.9. The van der Waals surface area contributed by atoms with Gasteiger partial charge in [-0.15, -0.1) is 0 Å². The lowest BCUT2D eigenvalue weighted by Crippen LogP contribution is -2.58. The number of rotatable bonds is 2. The van der Waals surface area contributed by atoms with E-state index in [-0.39, 0.29) is 17.4 Å². The Labute approximate surface area is 140 Å². The highest BCUT2D eigenvalue weighted by molar-refractivity contribution is 5.88. The Morgan fingerprint density at radius 3 is 2.52 bits per heavy atom. The van der Waals surface area contributed by atoms with Crippen molar-refractivity contribution in [3.63, 3.8) is 0 Å². The molecule has 3 aliphatic rings. The maximum atomic E-state index is 12.8. The average molecular weight is 321 g/mol. The molecule has 3 rings (SSSR count). The van der Waals surface area contributed by atoms with Gasteiger partial charge in [-0.3, -0.25) is 14.5 Å². The molecule has 5 nitrogen and oxygen atoms in total. The number of Topliss-reactive ketones (excluding diaryl/α,β-unsaturated/α-hetero) is 1. The van der Waals surface area contributed by atoms with Crippen LogP contribution in [0.1, 0.15) is 44.9 Å². The number of likely N-dealkylation sites (tertiary alicyclic amines) is 1. The molecule has 1 saturated carbocycles. The van der Waals surface area contributed by atoms with Crippen LogP contribution in [-0.4, -0.2) is 78.7 Å².